The Hall–Kier alpha value is -0.480. The monoisotopic (exact) mass is 301 g/mol. The maximum absolute atomic E-state index is 10.2. The van der Waals surface area contributed by atoms with Crippen LogP contribution in [-0.4, -0.2) is 23.9 Å². The van der Waals surface area contributed by atoms with Crippen molar-refractivity contribution in [3.8, 4) is 5.75 Å². The Morgan fingerprint density at radius 2 is 2.16 bits per heavy atom. The molecule has 1 aromatic rings. The first-order valence-corrected chi connectivity index (χ1v) is 7.40. The van der Waals surface area contributed by atoms with Crippen LogP contribution in [0.2, 0.25) is 10.0 Å². The molecule has 1 aliphatic heterocycles. The molecule has 0 spiro atoms. The Bertz CT molecular complexity index is 489. The Balaban J connectivity index is 1.78. The van der Waals surface area contributed by atoms with Crippen LogP contribution in [0.1, 0.15) is 37.3 Å². The minimum absolute atomic E-state index is 0.143. The van der Waals surface area contributed by atoms with E-state index in [2.05, 4.69) is 5.32 Å². The maximum Gasteiger partial charge on any atom is 0.142 e. The van der Waals surface area contributed by atoms with Crippen LogP contribution in [0, 0.1) is 0 Å². The quantitative estimate of drug-likeness (QED) is 0.900. The Labute approximate surface area is 122 Å². The zero-order valence-corrected chi connectivity index (χ0v) is 12.1. The van der Waals surface area contributed by atoms with Crippen molar-refractivity contribution in [3.63, 3.8) is 0 Å². The van der Waals surface area contributed by atoms with Gasteiger partial charge in [-0.05, 0) is 31.4 Å². The van der Waals surface area contributed by atoms with Crippen LogP contribution in [0.25, 0.3) is 0 Å². The summed E-state index contributed by atoms with van der Waals surface area (Å²) in [4.78, 5) is 0. The van der Waals surface area contributed by atoms with E-state index in [0.29, 0.717) is 23.2 Å². The molecule has 5 heteroatoms. The van der Waals surface area contributed by atoms with E-state index >= 15 is 0 Å². The molecule has 1 aliphatic carbocycles. The molecule has 2 N–H and O–H groups in total. The van der Waals surface area contributed by atoms with Gasteiger partial charge in [-0.1, -0.05) is 23.2 Å². The van der Waals surface area contributed by atoms with Crippen molar-refractivity contribution >= 4 is 23.2 Å². The summed E-state index contributed by atoms with van der Waals surface area (Å²) in [6.07, 6.45) is 3.73. The van der Waals surface area contributed by atoms with Crippen LogP contribution in [0.4, 0.5) is 0 Å². The lowest BCUT2D eigenvalue weighted by molar-refractivity contribution is -0.0340. The highest BCUT2D eigenvalue weighted by molar-refractivity contribution is 6.35. The van der Waals surface area contributed by atoms with Gasteiger partial charge in [0.05, 0.1) is 17.2 Å². The lowest BCUT2D eigenvalue weighted by atomic mass is 9.80. The Morgan fingerprint density at radius 1 is 1.37 bits per heavy atom. The minimum atomic E-state index is -0.527. The van der Waals surface area contributed by atoms with E-state index in [0.717, 1.165) is 37.0 Å². The second-order valence-corrected chi connectivity index (χ2v) is 6.30. The molecule has 104 valence electrons. The van der Waals surface area contributed by atoms with E-state index < -0.39 is 5.60 Å². The fourth-order valence-electron chi connectivity index (χ4n) is 2.71. The molecule has 3 nitrogen and oxygen atoms in total. The summed E-state index contributed by atoms with van der Waals surface area (Å²) < 4.78 is 5.62. The number of hydrogen-bond acceptors (Lipinski definition) is 3. The van der Waals surface area contributed by atoms with Gasteiger partial charge in [-0.2, -0.15) is 0 Å². The molecule has 1 atom stereocenters. The summed E-state index contributed by atoms with van der Waals surface area (Å²) in [7, 11) is 0. The van der Waals surface area contributed by atoms with E-state index in [1.54, 1.807) is 6.07 Å². The van der Waals surface area contributed by atoms with Gasteiger partial charge in [-0.15, -0.1) is 0 Å². The summed E-state index contributed by atoms with van der Waals surface area (Å²) in [5.74, 6) is 0.718. The first-order chi connectivity index (χ1) is 9.07. The molecule has 0 amide bonds. The third kappa shape index (κ3) is 2.70. The highest BCUT2D eigenvalue weighted by Gasteiger charge is 2.35. The summed E-state index contributed by atoms with van der Waals surface area (Å²) in [5, 5.41) is 14.7. The van der Waals surface area contributed by atoms with Gasteiger partial charge in [0.1, 0.15) is 5.75 Å². The third-order valence-corrected chi connectivity index (χ3v) is 4.53. The maximum atomic E-state index is 10.2. The highest BCUT2D eigenvalue weighted by Crippen LogP contribution is 2.40. The average molecular weight is 302 g/mol. The number of halogens is 2. The zero-order chi connectivity index (χ0) is 13.5. The molecule has 3 rings (SSSR count). The summed E-state index contributed by atoms with van der Waals surface area (Å²) in [6.45, 7) is 1.24. The number of aliphatic hydroxyl groups is 1. The molecular formula is C14H17Cl2NO2. The summed E-state index contributed by atoms with van der Waals surface area (Å²) >= 11 is 12.2. The second kappa shape index (κ2) is 5.13. The van der Waals surface area contributed by atoms with Crippen LogP contribution in [-0.2, 0) is 0 Å². The summed E-state index contributed by atoms with van der Waals surface area (Å²) in [6, 6.07) is 3.73. The number of ether oxygens (including phenoxy) is 1. The van der Waals surface area contributed by atoms with Gasteiger partial charge in [0.15, 0.2) is 0 Å². The number of benzene rings is 1. The summed E-state index contributed by atoms with van der Waals surface area (Å²) in [5.41, 5.74) is 0.465. The number of nitrogens with one attached hydrogen (secondary N) is 1. The molecule has 1 unspecified atom stereocenters. The molecule has 1 saturated carbocycles. The van der Waals surface area contributed by atoms with E-state index in [4.69, 9.17) is 27.9 Å². The van der Waals surface area contributed by atoms with Gasteiger partial charge in [-0.3, -0.25) is 0 Å². The van der Waals surface area contributed by atoms with E-state index in [1.807, 2.05) is 6.07 Å². The molecule has 0 bridgehead atoms. The van der Waals surface area contributed by atoms with Gasteiger partial charge in [0.2, 0.25) is 0 Å². The third-order valence-electron chi connectivity index (χ3n) is 4.03. The molecular weight excluding hydrogens is 285 g/mol. The van der Waals surface area contributed by atoms with E-state index in [9.17, 15) is 5.11 Å². The van der Waals surface area contributed by atoms with Crippen molar-refractivity contribution in [2.45, 2.75) is 37.3 Å². The number of fused-ring (bicyclic) bond motifs is 1. The Morgan fingerprint density at radius 3 is 2.84 bits per heavy atom. The van der Waals surface area contributed by atoms with Crippen molar-refractivity contribution in [1.82, 2.24) is 5.32 Å². The van der Waals surface area contributed by atoms with Gasteiger partial charge in [-0.25, -0.2) is 0 Å². The molecule has 19 heavy (non-hydrogen) atoms. The largest absolute Gasteiger partial charge is 0.492 e. The van der Waals surface area contributed by atoms with Gasteiger partial charge in [0.25, 0.3) is 0 Å². The molecule has 2 aliphatic rings. The molecule has 0 aromatic heterocycles. The highest BCUT2D eigenvalue weighted by atomic mass is 35.5. The fraction of sp³-hybridized carbons (Fsp3) is 0.571. The number of rotatable bonds is 3. The first kappa shape index (κ1) is 13.5. The van der Waals surface area contributed by atoms with Crippen molar-refractivity contribution in [1.29, 1.82) is 0 Å². The second-order valence-electron chi connectivity index (χ2n) is 5.45. The molecule has 1 heterocycles. The van der Waals surface area contributed by atoms with Crippen molar-refractivity contribution < 1.29 is 9.84 Å². The van der Waals surface area contributed by atoms with E-state index in [1.165, 1.54) is 0 Å². The van der Waals surface area contributed by atoms with E-state index in [-0.39, 0.29) is 6.04 Å². The van der Waals surface area contributed by atoms with Crippen LogP contribution in [0.3, 0.4) is 0 Å². The topological polar surface area (TPSA) is 41.5 Å². The van der Waals surface area contributed by atoms with Crippen molar-refractivity contribution in [2.75, 3.05) is 13.2 Å². The predicted octanol–water partition coefficient (Wildman–Crippen LogP) is 3.32. The molecule has 0 radical (unpaired) electrons. The van der Waals surface area contributed by atoms with Crippen LogP contribution >= 0.6 is 23.2 Å². The van der Waals surface area contributed by atoms with Crippen LogP contribution in [0.15, 0.2) is 12.1 Å². The van der Waals surface area contributed by atoms with Crippen LogP contribution < -0.4 is 10.1 Å². The van der Waals surface area contributed by atoms with Crippen molar-refractivity contribution in [3.05, 3.63) is 27.7 Å². The van der Waals surface area contributed by atoms with Gasteiger partial charge < -0.3 is 15.2 Å². The lowest BCUT2D eigenvalue weighted by Crippen LogP contribution is -2.47. The SMILES string of the molecule is OC1(CNC2CCOc3c(Cl)cc(Cl)cc32)CCC1. The minimum Gasteiger partial charge on any atom is -0.492 e. The molecule has 0 saturated heterocycles. The first-order valence-electron chi connectivity index (χ1n) is 6.65. The standard InChI is InChI=1S/C14H17Cl2NO2/c15-9-6-10-12(17-8-14(18)3-1-4-14)2-5-19-13(10)11(16)7-9/h6-7,12,17-18H,1-5,8H2. The lowest BCUT2D eigenvalue weighted by Gasteiger charge is -2.38. The van der Waals surface area contributed by atoms with Crippen molar-refractivity contribution in [2.24, 2.45) is 0 Å². The van der Waals surface area contributed by atoms with Gasteiger partial charge >= 0.3 is 0 Å². The smallest absolute Gasteiger partial charge is 0.142 e. The molecule has 1 fully saturated rings. The molecule has 1 aromatic carbocycles. The predicted molar refractivity (Wildman–Crippen MR) is 76.1 cm³/mol. The normalized spacial score (nSPS) is 24.3. The fourth-order valence-corrected chi connectivity index (χ4v) is 3.28. The zero-order valence-electron chi connectivity index (χ0n) is 10.6. The Kier molecular flexibility index (Phi) is 3.65. The average Bonchev–Trinajstić information content (AvgIpc) is 2.34. The number of hydrogen-bond donors (Lipinski definition) is 2. The van der Waals surface area contributed by atoms with Gasteiger partial charge in [0, 0.05) is 29.6 Å². The van der Waals surface area contributed by atoms with Crippen LogP contribution in [0.5, 0.6) is 5.75 Å².